The molecule has 0 aliphatic rings. The van der Waals surface area contributed by atoms with Gasteiger partial charge in [0.15, 0.2) is 0 Å². The number of nitrogens with two attached hydrogens (primary N) is 1. The first-order valence-electron chi connectivity index (χ1n) is 5.62. The standard InChI is InChI=1S/C12H15N4O3/c1-8(6-10(13)17)7-11(18)15-16-12(19)9-2-4-14-5-3-9/h2-5,7-8H,6H2,1H3,(H2,13,17)(H,15,18)(H,16,19)/t8-/m1/s1. The summed E-state index contributed by atoms with van der Waals surface area (Å²) in [6, 6.07) is 3.03. The van der Waals surface area contributed by atoms with Crippen molar-refractivity contribution in [1.82, 2.24) is 15.8 Å². The van der Waals surface area contributed by atoms with Crippen LogP contribution in [0.5, 0.6) is 0 Å². The number of hydrogen-bond acceptors (Lipinski definition) is 4. The number of primary amides is 1. The third-order valence-corrected chi connectivity index (χ3v) is 2.20. The molecular weight excluding hydrogens is 248 g/mol. The maximum absolute atomic E-state index is 11.6. The van der Waals surface area contributed by atoms with E-state index in [9.17, 15) is 14.4 Å². The fraction of sp³-hybridized carbons (Fsp3) is 0.250. The number of nitrogens with one attached hydrogen (secondary N) is 2. The van der Waals surface area contributed by atoms with Crippen LogP contribution in [0.25, 0.3) is 0 Å². The Bertz CT molecular complexity index is 461. The minimum Gasteiger partial charge on any atom is -0.370 e. The van der Waals surface area contributed by atoms with E-state index in [1.807, 2.05) is 0 Å². The lowest BCUT2D eigenvalue weighted by Gasteiger charge is -2.10. The zero-order chi connectivity index (χ0) is 14.3. The lowest BCUT2D eigenvalue weighted by molar-refractivity contribution is -0.120. The van der Waals surface area contributed by atoms with Crippen LogP contribution in [0.15, 0.2) is 24.5 Å². The van der Waals surface area contributed by atoms with Crippen LogP contribution >= 0.6 is 0 Å². The van der Waals surface area contributed by atoms with Crippen molar-refractivity contribution in [2.24, 2.45) is 11.7 Å². The summed E-state index contributed by atoms with van der Waals surface area (Å²) in [6.07, 6.45) is 4.29. The molecule has 0 saturated heterocycles. The Morgan fingerprint density at radius 3 is 2.53 bits per heavy atom. The molecule has 0 fully saturated rings. The number of hydrogen-bond donors (Lipinski definition) is 3. The Kier molecular flexibility index (Phi) is 5.46. The normalized spacial score (nSPS) is 11.4. The Labute approximate surface area is 110 Å². The van der Waals surface area contributed by atoms with Crippen molar-refractivity contribution in [2.45, 2.75) is 13.3 Å². The summed E-state index contributed by atoms with van der Waals surface area (Å²) in [5.41, 5.74) is 9.84. The predicted octanol–water partition coefficient (Wildman–Crippen LogP) is -0.442. The highest BCUT2D eigenvalue weighted by molar-refractivity contribution is 5.96. The molecule has 0 saturated carbocycles. The zero-order valence-electron chi connectivity index (χ0n) is 10.4. The highest BCUT2D eigenvalue weighted by atomic mass is 16.2. The maximum atomic E-state index is 11.6. The number of pyridine rings is 1. The number of carbonyl (C=O) groups excluding carboxylic acids is 3. The minimum atomic E-state index is -0.504. The highest BCUT2D eigenvalue weighted by Crippen LogP contribution is 2.04. The van der Waals surface area contributed by atoms with Gasteiger partial charge in [-0.2, -0.15) is 0 Å². The molecule has 0 aliphatic heterocycles. The number of hydrazine groups is 1. The van der Waals surface area contributed by atoms with Crippen molar-refractivity contribution in [2.75, 3.05) is 0 Å². The first-order valence-corrected chi connectivity index (χ1v) is 5.62. The van der Waals surface area contributed by atoms with Crippen LogP contribution in [-0.4, -0.2) is 22.7 Å². The molecule has 1 rings (SSSR count). The van der Waals surface area contributed by atoms with E-state index >= 15 is 0 Å². The number of amides is 3. The second-order valence-corrected chi connectivity index (χ2v) is 3.99. The van der Waals surface area contributed by atoms with Gasteiger partial charge in [-0.1, -0.05) is 6.92 Å². The van der Waals surface area contributed by atoms with Crippen LogP contribution in [0.2, 0.25) is 0 Å². The summed E-state index contributed by atoms with van der Waals surface area (Å²) >= 11 is 0. The third kappa shape index (κ3) is 5.62. The average molecular weight is 263 g/mol. The van der Waals surface area contributed by atoms with Crippen molar-refractivity contribution in [1.29, 1.82) is 0 Å². The molecule has 3 amide bonds. The van der Waals surface area contributed by atoms with Gasteiger partial charge >= 0.3 is 0 Å². The van der Waals surface area contributed by atoms with E-state index < -0.39 is 17.7 Å². The molecule has 0 aliphatic carbocycles. The lowest BCUT2D eigenvalue weighted by atomic mass is 10.0. The number of nitrogens with zero attached hydrogens (tertiary/aromatic N) is 1. The second kappa shape index (κ2) is 7.10. The Hall–Kier alpha value is -2.44. The Balaban J connectivity index is 2.34. The zero-order valence-corrected chi connectivity index (χ0v) is 10.4. The molecule has 1 heterocycles. The van der Waals surface area contributed by atoms with Gasteiger partial charge in [0.1, 0.15) is 0 Å². The van der Waals surface area contributed by atoms with Gasteiger partial charge in [0, 0.05) is 24.4 Å². The highest BCUT2D eigenvalue weighted by Gasteiger charge is 2.13. The quantitative estimate of drug-likeness (QED) is 0.624. The van der Waals surface area contributed by atoms with Gasteiger partial charge in [0.2, 0.25) is 11.8 Å². The van der Waals surface area contributed by atoms with E-state index in [1.165, 1.54) is 30.9 Å². The van der Waals surface area contributed by atoms with Crippen LogP contribution in [-0.2, 0) is 9.59 Å². The van der Waals surface area contributed by atoms with Crippen LogP contribution in [0.3, 0.4) is 0 Å². The molecule has 101 valence electrons. The molecule has 1 aromatic rings. The summed E-state index contributed by atoms with van der Waals surface area (Å²) < 4.78 is 0. The third-order valence-electron chi connectivity index (χ3n) is 2.20. The lowest BCUT2D eigenvalue weighted by Crippen LogP contribution is -2.42. The summed E-state index contributed by atoms with van der Waals surface area (Å²) in [7, 11) is 0. The second-order valence-electron chi connectivity index (χ2n) is 3.99. The summed E-state index contributed by atoms with van der Waals surface area (Å²) in [4.78, 5) is 37.4. The molecule has 1 atom stereocenters. The summed E-state index contributed by atoms with van der Waals surface area (Å²) in [5.74, 6) is -1.74. The van der Waals surface area contributed by atoms with Crippen LogP contribution < -0.4 is 16.6 Å². The molecule has 0 unspecified atom stereocenters. The van der Waals surface area contributed by atoms with Crippen molar-refractivity contribution in [3.8, 4) is 0 Å². The van der Waals surface area contributed by atoms with Gasteiger partial charge in [-0.3, -0.25) is 30.2 Å². The average Bonchev–Trinajstić information content (AvgIpc) is 2.36. The van der Waals surface area contributed by atoms with Crippen LogP contribution in [0.4, 0.5) is 0 Å². The fourth-order valence-corrected chi connectivity index (χ4v) is 1.37. The van der Waals surface area contributed by atoms with E-state index in [1.54, 1.807) is 6.92 Å². The molecule has 4 N–H and O–H groups in total. The summed E-state index contributed by atoms with van der Waals surface area (Å²) in [6.45, 7) is 1.68. The van der Waals surface area contributed by atoms with E-state index in [0.29, 0.717) is 5.56 Å². The maximum Gasteiger partial charge on any atom is 0.269 e. The minimum absolute atomic E-state index is 0.0751. The first-order chi connectivity index (χ1) is 8.99. The molecule has 0 bridgehead atoms. The molecule has 7 nitrogen and oxygen atoms in total. The van der Waals surface area contributed by atoms with Gasteiger partial charge in [-0.15, -0.1) is 0 Å². The van der Waals surface area contributed by atoms with Crippen LogP contribution in [0.1, 0.15) is 23.7 Å². The SMILES string of the molecule is C[C@@H]([CH]C(=O)NNC(=O)c1ccncc1)CC(N)=O. The first kappa shape index (κ1) is 14.6. The van der Waals surface area contributed by atoms with Crippen molar-refractivity contribution in [3.63, 3.8) is 0 Å². The topological polar surface area (TPSA) is 114 Å². The molecule has 0 spiro atoms. The van der Waals surface area contributed by atoms with E-state index in [0.717, 1.165) is 0 Å². The number of carbonyl (C=O) groups is 3. The molecule has 19 heavy (non-hydrogen) atoms. The van der Waals surface area contributed by atoms with Crippen molar-refractivity contribution < 1.29 is 14.4 Å². The molecule has 7 heteroatoms. The summed E-state index contributed by atoms with van der Waals surface area (Å²) in [5, 5.41) is 0. The number of rotatable bonds is 5. The van der Waals surface area contributed by atoms with Gasteiger partial charge < -0.3 is 5.73 Å². The van der Waals surface area contributed by atoms with Gasteiger partial charge in [-0.05, 0) is 18.1 Å². The molecular formula is C12H15N4O3. The predicted molar refractivity (Wildman–Crippen MR) is 67.1 cm³/mol. The van der Waals surface area contributed by atoms with Crippen molar-refractivity contribution >= 4 is 17.7 Å². The molecule has 0 aromatic carbocycles. The van der Waals surface area contributed by atoms with Gasteiger partial charge in [0.25, 0.3) is 5.91 Å². The smallest absolute Gasteiger partial charge is 0.269 e. The van der Waals surface area contributed by atoms with Gasteiger partial charge in [-0.25, -0.2) is 0 Å². The van der Waals surface area contributed by atoms with E-state index in [2.05, 4.69) is 15.8 Å². The fourth-order valence-electron chi connectivity index (χ4n) is 1.37. The van der Waals surface area contributed by atoms with E-state index in [4.69, 9.17) is 5.73 Å². The monoisotopic (exact) mass is 263 g/mol. The van der Waals surface area contributed by atoms with E-state index in [-0.39, 0.29) is 12.3 Å². The van der Waals surface area contributed by atoms with Crippen LogP contribution in [0, 0.1) is 12.3 Å². The largest absolute Gasteiger partial charge is 0.370 e. The molecule has 1 aromatic heterocycles. The Morgan fingerprint density at radius 1 is 1.32 bits per heavy atom. The van der Waals surface area contributed by atoms with Gasteiger partial charge in [0.05, 0.1) is 6.42 Å². The Morgan fingerprint density at radius 2 is 1.95 bits per heavy atom. The number of aromatic nitrogens is 1. The molecule has 1 radical (unpaired) electrons. The van der Waals surface area contributed by atoms with Crippen molar-refractivity contribution in [3.05, 3.63) is 36.5 Å².